The van der Waals surface area contributed by atoms with Crippen molar-refractivity contribution < 1.29 is 4.74 Å². The van der Waals surface area contributed by atoms with Crippen molar-refractivity contribution >= 4 is 5.96 Å². The molecule has 3 aliphatic heterocycles. The monoisotopic (exact) mass is 297 g/mol. The Morgan fingerprint density at radius 1 is 1.19 bits per heavy atom. The van der Waals surface area contributed by atoms with E-state index in [0.29, 0.717) is 6.04 Å². The lowest BCUT2D eigenvalue weighted by atomic mass is 10.1. The average Bonchev–Trinajstić information content (AvgIpc) is 2.53. The minimum absolute atomic E-state index is 0.589. The molecule has 0 aliphatic carbocycles. The second-order valence-corrected chi connectivity index (χ2v) is 5.69. The van der Waals surface area contributed by atoms with Crippen molar-refractivity contribution in [3.05, 3.63) is 0 Å². The Hall–Kier alpha value is -0.850. The molecular formula is C15H31N5O. The van der Waals surface area contributed by atoms with Gasteiger partial charge in [-0.2, -0.15) is 0 Å². The molecule has 0 aromatic rings. The molecule has 3 heterocycles. The third-order valence-corrected chi connectivity index (χ3v) is 4.16. The third-order valence-electron chi connectivity index (χ3n) is 4.16. The summed E-state index contributed by atoms with van der Waals surface area (Å²) in [4.78, 5) is 9.90. The normalized spacial score (nSPS) is 28.7. The highest BCUT2D eigenvalue weighted by Crippen LogP contribution is 2.15. The van der Waals surface area contributed by atoms with Crippen molar-refractivity contribution in [3.63, 3.8) is 0 Å². The molecule has 0 aromatic heterocycles. The number of ether oxygens (including phenoxy) is 1. The largest absolute Gasteiger partial charge is 0.382 e. The van der Waals surface area contributed by atoms with Crippen LogP contribution >= 0.6 is 0 Å². The molecule has 3 saturated heterocycles. The van der Waals surface area contributed by atoms with Crippen LogP contribution in [0.4, 0.5) is 0 Å². The van der Waals surface area contributed by atoms with Crippen molar-refractivity contribution in [3.8, 4) is 0 Å². The summed E-state index contributed by atoms with van der Waals surface area (Å²) in [5.41, 5.74) is 0. The molecule has 1 atom stereocenters. The molecule has 0 aromatic carbocycles. The van der Waals surface area contributed by atoms with E-state index in [1.165, 1.54) is 32.7 Å². The lowest BCUT2D eigenvalue weighted by Crippen LogP contribution is -2.62. The highest BCUT2D eigenvalue weighted by Gasteiger charge is 2.31. The predicted molar refractivity (Wildman–Crippen MR) is 86.9 cm³/mol. The predicted octanol–water partition coefficient (Wildman–Crippen LogP) is -0.0321. The zero-order valence-corrected chi connectivity index (χ0v) is 13.6. The molecule has 1 unspecified atom stereocenters. The van der Waals surface area contributed by atoms with Gasteiger partial charge in [-0.25, -0.2) is 0 Å². The topological polar surface area (TPSA) is 52.1 Å². The Morgan fingerprint density at radius 3 is 2.62 bits per heavy atom. The number of rotatable bonds is 8. The van der Waals surface area contributed by atoms with Crippen molar-refractivity contribution in [2.75, 3.05) is 65.6 Å². The van der Waals surface area contributed by atoms with Crippen molar-refractivity contribution in [2.24, 2.45) is 4.99 Å². The fourth-order valence-electron chi connectivity index (χ4n) is 2.96. The molecular weight excluding hydrogens is 266 g/mol. The van der Waals surface area contributed by atoms with Gasteiger partial charge in [0.25, 0.3) is 0 Å². The van der Waals surface area contributed by atoms with Gasteiger partial charge in [-0.05, 0) is 20.3 Å². The van der Waals surface area contributed by atoms with E-state index < -0.39 is 0 Å². The lowest BCUT2D eigenvalue weighted by molar-refractivity contribution is 0.0174. The van der Waals surface area contributed by atoms with E-state index in [4.69, 9.17) is 9.73 Å². The maximum Gasteiger partial charge on any atom is 0.191 e. The maximum atomic E-state index is 5.35. The van der Waals surface area contributed by atoms with Crippen molar-refractivity contribution in [1.82, 2.24) is 20.4 Å². The summed E-state index contributed by atoms with van der Waals surface area (Å²) in [7, 11) is 0. The molecule has 0 amide bonds. The Balaban J connectivity index is 1.72. The molecule has 122 valence electrons. The van der Waals surface area contributed by atoms with Crippen LogP contribution < -0.4 is 10.6 Å². The Bertz CT molecular complexity index is 315. The minimum Gasteiger partial charge on any atom is -0.382 e. The fourth-order valence-corrected chi connectivity index (χ4v) is 2.96. The van der Waals surface area contributed by atoms with E-state index in [1.807, 2.05) is 6.92 Å². The van der Waals surface area contributed by atoms with Crippen molar-refractivity contribution in [1.29, 1.82) is 0 Å². The number of hydrogen-bond donors (Lipinski definition) is 2. The SMILES string of the molecule is CCNC(=NCC1CN2CCN1CC2)NCCCOCC. The molecule has 6 heteroatoms. The van der Waals surface area contributed by atoms with Crippen LogP contribution in [-0.2, 0) is 4.74 Å². The summed E-state index contributed by atoms with van der Waals surface area (Å²) in [6.07, 6.45) is 1.02. The Morgan fingerprint density at radius 2 is 2.00 bits per heavy atom. The zero-order valence-electron chi connectivity index (χ0n) is 13.6. The van der Waals surface area contributed by atoms with Gasteiger partial charge in [-0.15, -0.1) is 0 Å². The van der Waals surface area contributed by atoms with Crippen LogP contribution in [0.25, 0.3) is 0 Å². The first-order chi connectivity index (χ1) is 10.3. The first-order valence-corrected chi connectivity index (χ1v) is 8.39. The summed E-state index contributed by atoms with van der Waals surface area (Å²) >= 11 is 0. The number of fused-ring (bicyclic) bond motifs is 3. The van der Waals surface area contributed by atoms with E-state index in [9.17, 15) is 0 Å². The van der Waals surface area contributed by atoms with E-state index in [2.05, 4.69) is 27.4 Å². The number of nitrogens with one attached hydrogen (secondary N) is 2. The smallest absolute Gasteiger partial charge is 0.191 e. The molecule has 2 bridgehead atoms. The van der Waals surface area contributed by atoms with Crippen LogP contribution in [0, 0.1) is 0 Å². The van der Waals surface area contributed by atoms with E-state index in [0.717, 1.165) is 45.2 Å². The van der Waals surface area contributed by atoms with Gasteiger partial charge in [-0.3, -0.25) is 14.8 Å². The first-order valence-electron chi connectivity index (χ1n) is 8.39. The molecule has 0 saturated carbocycles. The van der Waals surface area contributed by atoms with Gasteiger partial charge in [0.05, 0.1) is 6.54 Å². The van der Waals surface area contributed by atoms with Crippen LogP contribution in [0.2, 0.25) is 0 Å². The molecule has 0 radical (unpaired) electrons. The standard InChI is InChI=1S/C15H31N5O/c1-3-16-15(17-6-5-11-21-4-2)18-12-14-13-19-7-9-20(14)10-8-19/h14H,3-13H2,1-2H3,(H2,16,17,18). The summed E-state index contributed by atoms with van der Waals surface area (Å²) in [5, 5.41) is 6.71. The van der Waals surface area contributed by atoms with E-state index >= 15 is 0 Å². The molecule has 3 fully saturated rings. The average molecular weight is 297 g/mol. The molecule has 6 nitrogen and oxygen atoms in total. The number of nitrogens with zero attached hydrogens (tertiary/aromatic N) is 3. The number of piperazine rings is 3. The Kier molecular flexibility index (Phi) is 7.26. The molecule has 3 rings (SSSR count). The second-order valence-electron chi connectivity index (χ2n) is 5.69. The van der Waals surface area contributed by atoms with Crippen molar-refractivity contribution in [2.45, 2.75) is 26.3 Å². The van der Waals surface area contributed by atoms with Crippen LogP contribution in [0.1, 0.15) is 20.3 Å². The van der Waals surface area contributed by atoms with Gasteiger partial charge in [-0.1, -0.05) is 0 Å². The van der Waals surface area contributed by atoms with Gasteiger partial charge < -0.3 is 15.4 Å². The maximum absolute atomic E-state index is 5.35. The molecule has 21 heavy (non-hydrogen) atoms. The number of aliphatic imine (C=N–C) groups is 1. The summed E-state index contributed by atoms with van der Waals surface area (Å²) in [5.74, 6) is 0.937. The molecule has 0 spiro atoms. The Labute approximate surface area is 128 Å². The third kappa shape index (κ3) is 5.45. The lowest BCUT2D eigenvalue weighted by Gasteiger charge is -2.47. The minimum atomic E-state index is 0.589. The highest BCUT2D eigenvalue weighted by atomic mass is 16.5. The van der Waals surface area contributed by atoms with Crippen LogP contribution in [0.5, 0.6) is 0 Å². The number of guanidine groups is 1. The molecule has 3 aliphatic rings. The van der Waals surface area contributed by atoms with Gasteiger partial charge in [0.2, 0.25) is 0 Å². The van der Waals surface area contributed by atoms with Gasteiger partial charge in [0, 0.05) is 65.1 Å². The zero-order chi connectivity index (χ0) is 14.9. The van der Waals surface area contributed by atoms with Crippen LogP contribution in [0.15, 0.2) is 4.99 Å². The quantitative estimate of drug-likeness (QED) is 0.374. The van der Waals surface area contributed by atoms with E-state index in [1.54, 1.807) is 0 Å². The van der Waals surface area contributed by atoms with Gasteiger partial charge >= 0.3 is 0 Å². The summed E-state index contributed by atoms with van der Waals surface area (Å²) < 4.78 is 5.35. The fraction of sp³-hybridized carbons (Fsp3) is 0.933. The number of hydrogen-bond acceptors (Lipinski definition) is 4. The highest BCUT2D eigenvalue weighted by molar-refractivity contribution is 5.79. The summed E-state index contributed by atoms with van der Waals surface area (Å²) in [6, 6.07) is 0.589. The summed E-state index contributed by atoms with van der Waals surface area (Å²) in [6.45, 7) is 14.5. The van der Waals surface area contributed by atoms with Crippen LogP contribution in [0.3, 0.4) is 0 Å². The second kappa shape index (κ2) is 9.23. The molecule has 2 N–H and O–H groups in total. The van der Waals surface area contributed by atoms with Gasteiger partial charge in [0.1, 0.15) is 0 Å². The van der Waals surface area contributed by atoms with E-state index in [-0.39, 0.29) is 0 Å². The van der Waals surface area contributed by atoms with Crippen LogP contribution in [-0.4, -0.2) is 87.4 Å². The first kappa shape index (κ1) is 16.5. The van der Waals surface area contributed by atoms with Gasteiger partial charge in [0.15, 0.2) is 5.96 Å².